The Bertz CT molecular complexity index is 1080. The predicted molar refractivity (Wildman–Crippen MR) is 136 cm³/mol. The van der Waals surface area contributed by atoms with Crippen molar-refractivity contribution >= 4 is 27.2 Å². The highest BCUT2D eigenvalue weighted by Gasteiger charge is 2.17. The molecule has 1 unspecified atom stereocenters. The summed E-state index contributed by atoms with van der Waals surface area (Å²) in [7, 11) is 0. The van der Waals surface area contributed by atoms with Crippen molar-refractivity contribution in [3.05, 3.63) is 47.3 Å². The van der Waals surface area contributed by atoms with Crippen LogP contribution in [0.1, 0.15) is 65.3 Å². The van der Waals surface area contributed by atoms with Gasteiger partial charge in [0.25, 0.3) is 0 Å². The molecule has 0 radical (unpaired) electrons. The Morgan fingerprint density at radius 3 is 2.52 bits per heavy atom. The molecule has 0 fully saturated rings. The summed E-state index contributed by atoms with van der Waals surface area (Å²) in [6, 6.07) is 14.0. The fourth-order valence-corrected chi connectivity index (χ4v) is 4.81. The normalized spacial score (nSPS) is 12.8. The van der Waals surface area contributed by atoms with Gasteiger partial charge < -0.3 is 14.0 Å². The minimum atomic E-state index is 0.0792. The van der Waals surface area contributed by atoms with Crippen LogP contribution >= 0.6 is 11.3 Å². The van der Waals surface area contributed by atoms with Crippen LogP contribution in [0.15, 0.2) is 52.6 Å². The van der Waals surface area contributed by atoms with Gasteiger partial charge in [-0.3, -0.25) is 4.99 Å². The summed E-state index contributed by atoms with van der Waals surface area (Å²) in [5, 5.41) is 3.74. The number of rotatable bonds is 14. The zero-order valence-electron chi connectivity index (χ0n) is 20.0. The molecule has 6 nitrogen and oxygen atoms in total. The largest absolute Gasteiger partial charge is 0.491 e. The first kappa shape index (κ1) is 25.0. The van der Waals surface area contributed by atoms with Crippen molar-refractivity contribution < 1.29 is 9.47 Å². The molecule has 7 heteroatoms. The number of thiazole rings is 1. The van der Waals surface area contributed by atoms with Crippen LogP contribution < -0.4 is 14.3 Å². The third-order valence-electron chi connectivity index (χ3n) is 5.52. The number of ether oxygens (including phenoxy) is 2. The number of nitrogens with one attached hydrogen (secondary N) is 1. The third-order valence-corrected chi connectivity index (χ3v) is 6.57. The lowest BCUT2D eigenvalue weighted by atomic mass is 10.2. The Kier molecular flexibility index (Phi) is 9.94. The average molecular weight is 469 g/mol. The minimum absolute atomic E-state index is 0.0792. The van der Waals surface area contributed by atoms with Gasteiger partial charge in [0.2, 0.25) is 0 Å². The van der Waals surface area contributed by atoms with Crippen molar-refractivity contribution in [3.63, 3.8) is 0 Å². The lowest BCUT2D eigenvalue weighted by Crippen LogP contribution is -2.24. The first-order chi connectivity index (χ1) is 16.2. The van der Waals surface area contributed by atoms with Gasteiger partial charge in [0, 0.05) is 12.6 Å². The van der Waals surface area contributed by atoms with E-state index in [4.69, 9.17) is 20.0 Å². The molecule has 0 aliphatic carbocycles. The van der Waals surface area contributed by atoms with Crippen LogP contribution in [0.4, 0.5) is 5.69 Å². The van der Waals surface area contributed by atoms with Gasteiger partial charge in [-0.15, -0.1) is 0 Å². The molecule has 2 aromatic carbocycles. The maximum Gasteiger partial charge on any atom is 0.186 e. The number of para-hydroxylation sites is 1. The van der Waals surface area contributed by atoms with E-state index in [1.165, 1.54) is 12.8 Å². The third kappa shape index (κ3) is 6.90. The van der Waals surface area contributed by atoms with E-state index in [0.29, 0.717) is 24.7 Å². The second-order valence-corrected chi connectivity index (χ2v) is 9.28. The maximum absolute atomic E-state index is 7.65. The molecular formula is C26H36N4O2S. The second-order valence-electron chi connectivity index (χ2n) is 8.27. The summed E-state index contributed by atoms with van der Waals surface area (Å²) in [5.41, 5.74) is 9.27. The molecule has 3 aromatic rings. The van der Waals surface area contributed by atoms with Gasteiger partial charge in [-0.05, 0) is 38.0 Å². The van der Waals surface area contributed by atoms with Crippen molar-refractivity contribution in [2.24, 2.45) is 10.1 Å². The molecule has 0 saturated heterocycles. The first-order valence-electron chi connectivity index (χ1n) is 12.1. The summed E-state index contributed by atoms with van der Waals surface area (Å²) in [4.78, 5) is 5.87. The Balaban J connectivity index is 1.92. The van der Waals surface area contributed by atoms with Crippen LogP contribution in [-0.4, -0.2) is 24.3 Å². The van der Waals surface area contributed by atoms with Crippen LogP contribution in [0.2, 0.25) is 0 Å². The first-order valence-corrected chi connectivity index (χ1v) is 12.9. The number of hydrogen-bond donors (Lipinski definition) is 1. The smallest absolute Gasteiger partial charge is 0.186 e. The van der Waals surface area contributed by atoms with Crippen molar-refractivity contribution in [1.29, 1.82) is 5.53 Å². The lowest BCUT2D eigenvalue weighted by Gasteiger charge is -2.17. The summed E-state index contributed by atoms with van der Waals surface area (Å²) in [5.74, 6) is 1.53. The van der Waals surface area contributed by atoms with Gasteiger partial charge in [0.05, 0.1) is 22.9 Å². The van der Waals surface area contributed by atoms with E-state index in [1.807, 2.05) is 42.5 Å². The van der Waals surface area contributed by atoms with Crippen molar-refractivity contribution in [1.82, 2.24) is 4.57 Å². The van der Waals surface area contributed by atoms with Gasteiger partial charge in [-0.25, -0.2) is 5.53 Å². The van der Waals surface area contributed by atoms with E-state index >= 15 is 0 Å². The zero-order chi connectivity index (χ0) is 23.5. The lowest BCUT2D eigenvalue weighted by molar-refractivity contribution is 0.261. The number of aromatic nitrogens is 1. The molecule has 0 bridgehead atoms. The summed E-state index contributed by atoms with van der Waals surface area (Å²) < 4.78 is 15.4. The highest BCUT2D eigenvalue weighted by Crippen LogP contribution is 2.35. The molecule has 0 saturated carbocycles. The molecule has 1 aromatic heterocycles. The van der Waals surface area contributed by atoms with E-state index in [0.717, 1.165) is 53.0 Å². The second kappa shape index (κ2) is 13.1. The van der Waals surface area contributed by atoms with Gasteiger partial charge in [-0.2, -0.15) is 5.11 Å². The van der Waals surface area contributed by atoms with Crippen molar-refractivity contribution in [3.8, 4) is 11.5 Å². The van der Waals surface area contributed by atoms with Gasteiger partial charge in [0.1, 0.15) is 23.8 Å². The molecule has 0 amide bonds. The maximum atomic E-state index is 7.65. The molecule has 1 atom stereocenters. The van der Waals surface area contributed by atoms with Gasteiger partial charge in [-0.1, -0.05) is 69.1 Å². The van der Waals surface area contributed by atoms with E-state index in [2.05, 4.69) is 30.5 Å². The van der Waals surface area contributed by atoms with Gasteiger partial charge >= 0.3 is 0 Å². The highest BCUT2D eigenvalue weighted by atomic mass is 32.1. The van der Waals surface area contributed by atoms with E-state index in [1.54, 1.807) is 11.3 Å². The van der Waals surface area contributed by atoms with E-state index < -0.39 is 0 Å². The Morgan fingerprint density at radius 2 is 1.79 bits per heavy atom. The van der Waals surface area contributed by atoms with Crippen LogP contribution in [0.25, 0.3) is 10.2 Å². The standard InChI is InChI=1S/C26H36N4O2S/c1-4-6-8-12-16-31-24-18-23-25(17-22(24)29-27)33-26(28-15-7-5-2)30(23)20(3)19-32-21-13-10-9-11-14-21/h9-11,13-14,17-18,20,27H,4-8,12,15-16,19H2,1-3H3. The van der Waals surface area contributed by atoms with Crippen molar-refractivity contribution in [2.75, 3.05) is 19.8 Å². The fraction of sp³-hybridized carbons (Fsp3) is 0.500. The summed E-state index contributed by atoms with van der Waals surface area (Å²) in [6.07, 6.45) is 6.73. The SMILES string of the molecule is CCCCCCOc1cc2c(cc1N=N)sc(=NCCCC)n2C(C)COc1ccccc1. The molecule has 0 spiro atoms. The summed E-state index contributed by atoms with van der Waals surface area (Å²) in [6.45, 7) is 8.51. The molecule has 0 aliphatic heterocycles. The Labute approximate surface area is 200 Å². The van der Waals surface area contributed by atoms with Crippen molar-refractivity contribution in [2.45, 2.75) is 65.3 Å². The Hall–Kier alpha value is -2.67. The molecule has 33 heavy (non-hydrogen) atoms. The van der Waals surface area contributed by atoms with Crippen LogP contribution in [0.3, 0.4) is 0 Å². The molecular weight excluding hydrogens is 432 g/mol. The zero-order valence-corrected chi connectivity index (χ0v) is 20.9. The quantitative estimate of drug-likeness (QED) is 0.195. The average Bonchev–Trinajstić information content (AvgIpc) is 3.19. The molecule has 1 heterocycles. The molecule has 178 valence electrons. The minimum Gasteiger partial charge on any atom is -0.491 e. The predicted octanol–water partition coefficient (Wildman–Crippen LogP) is 7.67. The van der Waals surface area contributed by atoms with E-state index in [-0.39, 0.29) is 6.04 Å². The summed E-state index contributed by atoms with van der Waals surface area (Å²) >= 11 is 1.64. The number of hydrogen-bond acceptors (Lipinski definition) is 6. The van der Waals surface area contributed by atoms with Gasteiger partial charge in [0.15, 0.2) is 4.80 Å². The highest BCUT2D eigenvalue weighted by molar-refractivity contribution is 7.16. The topological polar surface area (TPSA) is 72.0 Å². The van der Waals surface area contributed by atoms with E-state index in [9.17, 15) is 0 Å². The Morgan fingerprint density at radius 1 is 1.00 bits per heavy atom. The number of benzene rings is 2. The number of unbranched alkanes of at least 4 members (excludes halogenated alkanes) is 4. The van der Waals surface area contributed by atoms with Crippen LogP contribution in [0.5, 0.6) is 11.5 Å². The fourth-order valence-electron chi connectivity index (χ4n) is 3.65. The van der Waals surface area contributed by atoms with Crippen LogP contribution in [-0.2, 0) is 0 Å². The number of fused-ring (bicyclic) bond motifs is 1. The molecule has 1 N–H and O–H groups in total. The monoisotopic (exact) mass is 468 g/mol. The molecule has 3 rings (SSSR count). The molecule has 0 aliphatic rings. The van der Waals surface area contributed by atoms with Crippen LogP contribution in [0, 0.1) is 5.53 Å². The number of nitrogens with zero attached hydrogens (tertiary/aromatic N) is 3.